The molecule has 2 N–H and O–H groups in total. The fraction of sp³-hybridized carbons (Fsp3) is 0.227. The van der Waals surface area contributed by atoms with Crippen molar-refractivity contribution >= 4 is 56.2 Å². The standard InChI is InChI=1S/C22H15ClF7N3O3S/c1-10(32-33-18(34)17-16(23)14-7-6-13(36-2)9-15(14)37-17)11-4-3-5-12(8-11)31-19(35)20(24,25)21(26,27)22(28,29)30/h3-9H,1-2H3,(H,31,35)(H,33,34)/b32-10+. The van der Waals surface area contributed by atoms with Crippen molar-refractivity contribution in [2.75, 3.05) is 12.4 Å². The molecule has 198 valence electrons. The molecule has 3 aromatic rings. The third kappa shape index (κ3) is 5.49. The van der Waals surface area contributed by atoms with Crippen LogP contribution in [0.1, 0.15) is 22.2 Å². The predicted molar refractivity (Wildman–Crippen MR) is 124 cm³/mol. The Bertz CT molecular complexity index is 1390. The van der Waals surface area contributed by atoms with Crippen LogP contribution in [-0.2, 0) is 4.79 Å². The Morgan fingerprint density at radius 2 is 1.70 bits per heavy atom. The molecule has 0 radical (unpaired) electrons. The topological polar surface area (TPSA) is 79.8 Å². The summed E-state index contributed by atoms with van der Waals surface area (Å²) in [4.78, 5) is 24.3. The number of fused-ring (bicyclic) bond motifs is 1. The van der Waals surface area contributed by atoms with Gasteiger partial charge in [0, 0.05) is 15.8 Å². The van der Waals surface area contributed by atoms with E-state index in [2.05, 4.69) is 10.5 Å². The van der Waals surface area contributed by atoms with Crippen LogP contribution in [0.25, 0.3) is 10.1 Å². The third-order valence-corrected chi connectivity index (χ3v) is 6.60. The highest BCUT2D eigenvalue weighted by Crippen LogP contribution is 2.47. The number of carbonyl (C=O) groups excluding carboxylic acids is 2. The maximum absolute atomic E-state index is 13.6. The molecule has 2 amide bonds. The van der Waals surface area contributed by atoms with Crippen molar-refractivity contribution in [3.8, 4) is 5.75 Å². The summed E-state index contributed by atoms with van der Waals surface area (Å²) in [5.74, 6) is -15.7. The van der Waals surface area contributed by atoms with Gasteiger partial charge in [0.1, 0.15) is 10.6 Å². The largest absolute Gasteiger partial charge is 0.497 e. The van der Waals surface area contributed by atoms with E-state index in [0.717, 1.165) is 23.5 Å². The number of ether oxygens (including phenoxy) is 1. The summed E-state index contributed by atoms with van der Waals surface area (Å²) in [5.41, 5.74) is 1.95. The summed E-state index contributed by atoms with van der Waals surface area (Å²) < 4.78 is 96.1. The summed E-state index contributed by atoms with van der Waals surface area (Å²) in [6.45, 7) is 1.38. The van der Waals surface area contributed by atoms with E-state index in [0.29, 0.717) is 15.8 Å². The number of alkyl halides is 7. The van der Waals surface area contributed by atoms with Gasteiger partial charge >= 0.3 is 23.9 Å². The Balaban J connectivity index is 1.77. The van der Waals surface area contributed by atoms with Crippen molar-refractivity contribution in [3.05, 3.63) is 57.9 Å². The lowest BCUT2D eigenvalue weighted by molar-refractivity contribution is -0.343. The summed E-state index contributed by atoms with van der Waals surface area (Å²) >= 11 is 7.35. The first kappa shape index (κ1) is 28.2. The summed E-state index contributed by atoms with van der Waals surface area (Å²) in [7, 11) is 1.48. The molecule has 0 saturated carbocycles. The van der Waals surface area contributed by atoms with Crippen molar-refractivity contribution < 1.29 is 45.1 Å². The average Bonchev–Trinajstić information content (AvgIpc) is 3.17. The van der Waals surface area contributed by atoms with Crippen molar-refractivity contribution in [2.24, 2.45) is 5.10 Å². The van der Waals surface area contributed by atoms with E-state index < -0.39 is 35.5 Å². The SMILES string of the molecule is COc1ccc2c(Cl)c(C(=O)N/N=C(\C)c3cccc(NC(=O)C(F)(F)C(F)(F)C(F)(F)F)c3)sc2c1. The molecule has 6 nitrogen and oxygen atoms in total. The van der Waals surface area contributed by atoms with Crippen molar-refractivity contribution in [2.45, 2.75) is 24.9 Å². The third-order valence-electron chi connectivity index (χ3n) is 4.94. The molecule has 0 fully saturated rings. The van der Waals surface area contributed by atoms with Gasteiger partial charge in [-0.05, 0) is 42.8 Å². The van der Waals surface area contributed by atoms with E-state index >= 15 is 0 Å². The first-order chi connectivity index (χ1) is 17.1. The van der Waals surface area contributed by atoms with Gasteiger partial charge in [-0.1, -0.05) is 23.7 Å². The van der Waals surface area contributed by atoms with Gasteiger partial charge in [-0.3, -0.25) is 9.59 Å². The molecule has 2 aromatic carbocycles. The molecule has 0 bridgehead atoms. The molecule has 0 spiro atoms. The summed E-state index contributed by atoms with van der Waals surface area (Å²) in [6.07, 6.45) is -6.65. The van der Waals surface area contributed by atoms with Gasteiger partial charge in [-0.25, -0.2) is 5.43 Å². The second-order valence-corrected chi connectivity index (χ2v) is 8.86. The summed E-state index contributed by atoms with van der Waals surface area (Å²) in [5, 5.41) is 5.99. The van der Waals surface area contributed by atoms with E-state index in [1.807, 2.05) is 0 Å². The van der Waals surface area contributed by atoms with Crippen molar-refractivity contribution in [1.82, 2.24) is 5.43 Å². The second kappa shape index (κ2) is 10.2. The molecular weight excluding hydrogens is 555 g/mol. The van der Waals surface area contributed by atoms with Crippen LogP contribution in [0, 0.1) is 0 Å². The Hall–Kier alpha value is -3.39. The second-order valence-electron chi connectivity index (χ2n) is 7.43. The fourth-order valence-corrected chi connectivity index (χ4v) is 4.36. The highest BCUT2D eigenvalue weighted by atomic mass is 35.5. The predicted octanol–water partition coefficient (Wildman–Crippen LogP) is 6.49. The quantitative estimate of drug-likeness (QED) is 0.194. The van der Waals surface area contributed by atoms with Crippen LogP contribution in [-0.4, -0.2) is 42.7 Å². The number of halogens is 8. The van der Waals surface area contributed by atoms with Crippen LogP contribution in [0.15, 0.2) is 47.6 Å². The lowest BCUT2D eigenvalue weighted by atomic mass is 10.1. The van der Waals surface area contributed by atoms with Crippen LogP contribution >= 0.6 is 22.9 Å². The van der Waals surface area contributed by atoms with Crippen LogP contribution in [0.5, 0.6) is 5.75 Å². The van der Waals surface area contributed by atoms with Gasteiger partial charge in [0.05, 0.1) is 17.8 Å². The monoisotopic (exact) mass is 569 g/mol. The molecule has 0 aliphatic carbocycles. The average molecular weight is 570 g/mol. The van der Waals surface area contributed by atoms with E-state index in [1.54, 1.807) is 18.2 Å². The van der Waals surface area contributed by atoms with Crippen LogP contribution < -0.4 is 15.5 Å². The minimum atomic E-state index is -6.65. The minimum Gasteiger partial charge on any atom is -0.497 e. The number of anilines is 1. The van der Waals surface area contributed by atoms with Crippen LogP contribution in [0.3, 0.4) is 0 Å². The molecule has 0 aliphatic heterocycles. The molecule has 3 rings (SSSR count). The number of amides is 2. The molecule has 15 heteroatoms. The molecule has 0 aliphatic rings. The van der Waals surface area contributed by atoms with Crippen LogP contribution in [0.2, 0.25) is 5.02 Å². The molecule has 1 heterocycles. The van der Waals surface area contributed by atoms with Gasteiger partial charge in [0.25, 0.3) is 5.91 Å². The number of hydrogen-bond acceptors (Lipinski definition) is 5. The number of thiophene rings is 1. The zero-order chi connectivity index (χ0) is 27.8. The first-order valence-corrected chi connectivity index (χ1v) is 11.1. The highest BCUT2D eigenvalue weighted by molar-refractivity contribution is 7.21. The van der Waals surface area contributed by atoms with E-state index in [-0.39, 0.29) is 21.2 Å². The van der Waals surface area contributed by atoms with Gasteiger partial charge in [0.15, 0.2) is 0 Å². The zero-order valence-corrected chi connectivity index (χ0v) is 20.2. The number of hydrazone groups is 1. The number of hydrogen-bond donors (Lipinski definition) is 2. The number of nitrogens with one attached hydrogen (secondary N) is 2. The molecule has 0 atom stereocenters. The molecule has 37 heavy (non-hydrogen) atoms. The molecule has 0 unspecified atom stereocenters. The number of carbonyl (C=O) groups is 2. The van der Waals surface area contributed by atoms with E-state index in [9.17, 15) is 40.3 Å². The Labute approximate surface area is 213 Å². The van der Waals surface area contributed by atoms with Gasteiger partial charge < -0.3 is 10.1 Å². The first-order valence-electron chi connectivity index (χ1n) is 9.95. The van der Waals surface area contributed by atoms with Crippen molar-refractivity contribution in [1.29, 1.82) is 0 Å². The van der Waals surface area contributed by atoms with E-state index in [1.165, 1.54) is 31.5 Å². The molecule has 1 aromatic heterocycles. The fourth-order valence-electron chi connectivity index (χ4n) is 2.92. The lowest BCUT2D eigenvalue weighted by Gasteiger charge is -2.27. The maximum Gasteiger partial charge on any atom is 0.460 e. The zero-order valence-electron chi connectivity index (χ0n) is 18.6. The normalized spacial score (nSPS) is 13.0. The van der Waals surface area contributed by atoms with Gasteiger partial charge in [-0.15, -0.1) is 11.3 Å². The van der Waals surface area contributed by atoms with Crippen molar-refractivity contribution in [3.63, 3.8) is 0 Å². The number of rotatable bonds is 7. The minimum absolute atomic E-state index is 0.0794. The number of methoxy groups -OCH3 is 1. The smallest absolute Gasteiger partial charge is 0.460 e. The summed E-state index contributed by atoms with van der Waals surface area (Å²) in [6, 6.07) is 9.56. The highest BCUT2D eigenvalue weighted by Gasteiger charge is 2.76. The Kier molecular flexibility index (Phi) is 7.75. The maximum atomic E-state index is 13.6. The molecule has 0 saturated heterocycles. The number of benzene rings is 2. The molecular formula is C22H15ClF7N3O3S. The van der Waals surface area contributed by atoms with Crippen LogP contribution in [0.4, 0.5) is 36.4 Å². The Morgan fingerprint density at radius 3 is 2.32 bits per heavy atom. The van der Waals surface area contributed by atoms with Gasteiger partial charge in [0.2, 0.25) is 0 Å². The van der Waals surface area contributed by atoms with E-state index in [4.69, 9.17) is 16.3 Å². The van der Waals surface area contributed by atoms with Gasteiger partial charge in [-0.2, -0.15) is 35.8 Å². The Morgan fingerprint density at radius 1 is 1.03 bits per heavy atom. The number of nitrogens with zero attached hydrogens (tertiary/aromatic N) is 1. The lowest BCUT2D eigenvalue weighted by Crippen LogP contribution is -2.57.